The minimum Gasteiger partial charge on any atom is -0.480 e. The molecule has 0 saturated carbocycles. The van der Waals surface area contributed by atoms with Crippen LogP contribution in [0.1, 0.15) is 62.5 Å². The van der Waals surface area contributed by atoms with Crippen molar-refractivity contribution in [3.05, 3.63) is 18.0 Å². The molecule has 0 bridgehead atoms. The van der Waals surface area contributed by atoms with E-state index in [0.717, 1.165) is 25.7 Å². The summed E-state index contributed by atoms with van der Waals surface area (Å²) in [5.74, 6) is -1.20. The van der Waals surface area contributed by atoms with E-state index in [-0.39, 0.29) is 11.9 Å². The lowest BCUT2D eigenvalue weighted by Gasteiger charge is -2.32. The van der Waals surface area contributed by atoms with Gasteiger partial charge in [0.1, 0.15) is 11.7 Å². The Hall–Kier alpha value is -1.85. The number of likely N-dealkylation sites (tertiary alicyclic amines) is 1. The van der Waals surface area contributed by atoms with Crippen molar-refractivity contribution in [1.82, 2.24) is 14.7 Å². The third-order valence-electron chi connectivity index (χ3n) is 4.19. The summed E-state index contributed by atoms with van der Waals surface area (Å²) in [4.78, 5) is 25.3. The van der Waals surface area contributed by atoms with Crippen molar-refractivity contribution in [2.24, 2.45) is 0 Å². The van der Waals surface area contributed by atoms with Gasteiger partial charge in [0.05, 0.1) is 6.04 Å². The number of hydrogen-bond acceptors (Lipinski definition) is 3. The van der Waals surface area contributed by atoms with Gasteiger partial charge in [0.25, 0.3) is 5.91 Å². The molecule has 1 aliphatic heterocycles. The number of aromatic nitrogens is 2. The van der Waals surface area contributed by atoms with E-state index in [1.54, 1.807) is 6.07 Å². The van der Waals surface area contributed by atoms with Crippen molar-refractivity contribution in [1.29, 1.82) is 0 Å². The van der Waals surface area contributed by atoms with E-state index in [2.05, 4.69) is 18.9 Å². The lowest BCUT2D eigenvalue weighted by molar-refractivity contribution is -0.143. The first-order chi connectivity index (χ1) is 10.1. The summed E-state index contributed by atoms with van der Waals surface area (Å²) in [5.41, 5.74) is 0.343. The fraction of sp³-hybridized carbons (Fsp3) is 0.667. The Balaban J connectivity index is 2.17. The molecule has 6 heteroatoms. The van der Waals surface area contributed by atoms with E-state index in [1.165, 1.54) is 4.90 Å². The smallest absolute Gasteiger partial charge is 0.326 e. The molecule has 1 atom stereocenters. The molecule has 21 heavy (non-hydrogen) atoms. The van der Waals surface area contributed by atoms with Gasteiger partial charge in [-0.25, -0.2) is 4.79 Å². The first kappa shape index (κ1) is 15.5. The van der Waals surface area contributed by atoms with Crippen molar-refractivity contribution in [3.63, 3.8) is 0 Å². The molecule has 2 heterocycles. The molecule has 0 spiro atoms. The van der Waals surface area contributed by atoms with Crippen LogP contribution < -0.4 is 0 Å². The average Bonchev–Trinajstić information content (AvgIpc) is 2.97. The highest BCUT2D eigenvalue weighted by molar-refractivity contribution is 5.95. The van der Waals surface area contributed by atoms with E-state index in [0.29, 0.717) is 18.7 Å². The highest BCUT2D eigenvalue weighted by atomic mass is 16.4. The van der Waals surface area contributed by atoms with Gasteiger partial charge in [0, 0.05) is 12.7 Å². The molecule has 1 aromatic rings. The lowest BCUT2D eigenvalue weighted by atomic mass is 10.0. The van der Waals surface area contributed by atoms with Gasteiger partial charge in [0.15, 0.2) is 0 Å². The summed E-state index contributed by atoms with van der Waals surface area (Å²) >= 11 is 0. The van der Waals surface area contributed by atoms with E-state index in [1.807, 2.05) is 10.9 Å². The van der Waals surface area contributed by atoms with Gasteiger partial charge in [-0.15, -0.1) is 0 Å². The Morgan fingerprint density at radius 2 is 2.10 bits per heavy atom. The van der Waals surface area contributed by atoms with Gasteiger partial charge in [-0.05, 0) is 38.2 Å². The zero-order valence-electron chi connectivity index (χ0n) is 12.7. The maximum atomic E-state index is 12.5. The van der Waals surface area contributed by atoms with E-state index >= 15 is 0 Å². The van der Waals surface area contributed by atoms with Crippen molar-refractivity contribution in [3.8, 4) is 0 Å². The molecule has 1 saturated heterocycles. The van der Waals surface area contributed by atoms with Crippen LogP contribution in [0.4, 0.5) is 0 Å². The molecule has 6 nitrogen and oxygen atoms in total. The Labute approximate surface area is 124 Å². The predicted octanol–water partition coefficient (Wildman–Crippen LogP) is 2.32. The lowest BCUT2D eigenvalue weighted by Crippen LogP contribution is -2.48. The summed E-state index contributed by atoms with van der Waals surface area (Å²) in [6.07, 6.45) is 5.94. The number of hydrogen-bond donors (Lipinski definition) is 1. The number of carboxylic acids is 1. The van der Waals surface area contributed by atoms with Gasteiger partial charge in [-0.1, -0.05) is 13.8 Å². The molecule has 1 fully saturated rings. The van der Waals surface area contributed by atoms with Crippen molar-refractivity contribution >= 4 is 11.9 Å². The fourth-order valence-electron chi connectivity index (χ4n) is 2.90. The molecule has 0 aliphatic carbocycles. The third kappa shape index (κ3) is 3.25. The maximum absolute atomic E-state index is 12.5. The summed E-state index contributed by atoms with van der Waals surface area (Å²) < 4.78 is 1.81. The monoisotopic (exact) mass is 293 g/mol. The van der Waals surface area contributed by atoms with Crippen LogP contribution in [-0.2, 0) is 4.79 Å². The van der Waals surface area contributed by atoms with Crippen LogP contribution in [0.3, 0.4) is 0 Å². The maximum Gasteiger partial charge on any atom is 0.326 e. The number of carboxylic acid groups (broad SMARTS) is 1. The van der Waals surface area contributed by atoms with Gasteiger partial charge < -0.3 is 10.0 Å². The summed E-state index contributed by atoms with van der Waals surface area (Å²) in [6, 6.07) is 1.25. The topological polar surface area (TPSA) is 75.4 Å². The highest BCUT2D eigenvalue weighted by Gasteiger charge is 2.33. The van der Waals surface area contributed by atoms with Gasteiger partial charge in [-0.2, -0.15) is 5.10 Å². The van der Waals surface area contributed by atoms with Crippen LogP contribution in [0.2, 0.25) is 0 Å². The Morgan fingerprint density at radius 3 is 2.71 bits per heavy atom. The molecule has 1 aromatic heterocycles. The second kappa shape index (κ2) is 6.74. The molecule has 1 unspecified atom stereocenters. The van der Waals surface area contributed by atoms with Crippen LogP contribution in [0.25, 0.3) is 0 Å². The molecule has 2 rings (SSSR count). The van der Waals surface area contributed by atoms with Gasteiger partial charge in [0.2, 0.25) is 0 Å². The summed E-state index contributed by atoms with van der Waals surface area (Å²) in [6.45, 7) is 4.67. The number of carbonyl (C=O) groups excluding carboxylic acids is 1. The van der Waals surface area contributed by atoms with Crippen molar-refractivity contribution in [2.75, 3.05) is 6.54 Å². The second-order valence-corrected chi connectivity index (χ2v) is 5.50. The average molecular weight is 293 g/mol. The van der Waals surface area contributed by atoms with E-state index < -0.39 is 12.0 Å². The Morgan fingerprint density at radius 1 is 1.38 bits per heavy atom. The van der Waals surface area contributed by atoms with Gasteiger partial charge in [-0.3, -0.25) is 9.48 Å². The standard InChI is InChI=1S/C15H23N3O3/c1-3-11(4-2)18-10-8-12(16-18)14(19)17-9-6-5-7-13(17)15(20)21/h8,10-11,13H,3-7,9H2,1-2H3,(H,20,21). The van der Waals surface area contributed by atoms with Gasteiger partial charge >= 0.3 is 5.97 Å². The largest absolute Gasteiger partial charge is 0.480 e. The molecular formula is C15H23N3O3. The quantitative estimate of drug-likeness (QED) is 0.904. The fourth-order valence-corrected chi connectivity index (χ4v) is 2.90. The number of carbonyl (C=O) groups is 2. The number of nitrogens with zero attached hydrogens (tertiary/aromatic N) is 3. The molecule has 0 radical (unpaired) electrons. The SMILES string of the molecule is CCC(CC)n1ccc(C(=O)N2CCCCC2C(=O)O)n1. The zero-order valence-corrected chi connectivity index (χ0v) is 12.7. The van der Waals surface area contributed by atoms with Crippen LogP contribution in [0.15, 0.2) is 12.3 Å². The summed E-state index contributed by atoms with van der Waals surface area (Å²) in [5, 5.41) is 13.6. The Bertz CT molecular complexity index is 508. The molecule has 116 valence electrons. The molecule has 1 N–H and O–H groups in total. The predicted molar refractivity (Wildman–Crippen MR) is 78.2 cm³/mol. The highest BCUT2D eigenvalue weighted by Crippen LogP contribution is 2.20. The minimum absolute atomic E-state index is 0.271. The van der Waals surface area contributed by atoms with Crippen molar-refractivity contribution in [2.45, 2.75) is 58.0 Å². The second-order valence-electron chi connectivity index (χ2n) is 5.50. The van der Waals surface area contributed by atoms with Crippen LogP contribution in [-0.4, -0.2) is 44.3 Å². The van der Waals surface area contributed by atoms with Crippen LogP contribution in [0.5, 0.6) is 0 Å². The minimum atomic E-state index is -0.928. The molecule has 1 aliphatic rings. The van der Waals surface area contributed by atoms with Crippen molar-refractivity contribution < 1.29 is 14.7 Å². The first-order valence-corrected chi connectivity index (χ1v) is 7.67. The van der Waals surface area contributed by atoms with Crippen LogP contribution in [0, 0.1) is 0 Å². The molecule has 0 aromatic carbocycles. The molecular weight excluding hydrogens is 270 g/mol. The number of amides is 1. The van der Waals surface area contributed by atoms with Crippen LogP contribution >= 0.6 is 0 Å². The number of aliphatic carboxylic acids is 1. The summed E-state index contributed by atoms with van der Waals surface area (Å²) in [7, 11) is 0. The van der Waals surface area contributed by atoms with E-state index in [4.69, 9.17) is 0 Å². The Kier molecular flexibility index (Phi) is 4.98. The first-order valence-electron chi connectivity index (χ1n) is 7.67. The number of rotatable bonds is 5. The normalized spacial score (nSPS) is 19.0. The third-order valence-corrected chi connectivity index (χ3v) is 4.19. The van der Waals surface area contributed by atoms with E-state index in [9.17, 15) is 14.7 Å². The zero-order chi connectivity index (χ0) is 15.4. The molecule has 1 amide bonds. The number of piperidine rings is 1.